The number of aliphatic hydroxyl groups is 1. The molecule has 0 fully saturated rings. The van der Waals surface area contributed by atoms with E-state index in [4.69, 9.17) is 10.00 Å². The number of rotatable bonds is 4. The minimum absolute atomic E-state index is 0.119. The highest BCUT2D eigenvalue weighted by Gasteiger charge is 2.35. The summed E-state index contributed by atoms with van der Waals surface area (Å²) < 4.78 is 5.20. The summed E-state index contributed by atoms with van der Waals surface area (Å²) in [4.78, 5) is 11.4. The molecule has 0 aliphatic heterocycles. The van der Waals surface area contributed by atoms with Crippen LogP contribution in [0.1, 0.15) is 30.4 Å². The number of nitrogens with one attached hydrogen (secondary N) is 1. The van der Waals surface area contributed by atoms with E-state index in [0.29, 0.717) is 12.2 Å². The normalized spacial score (nSPS) is 20.6. The SMILES string of the molecule is COc1ccc2c(c1)C(O)(CNC(=O)CC#N)CCC2. The second kappa shape index (κ2) is 5.93. The predicted molar refractivity (Wildman–Crippen MR) is 73.1 cm³/mol. The fourth-order valence-electron chi connectivity index (χ4n) is 2.60. The average Bonchev–Trinajstić information content (AvgIpc) is 2.46. The van der Waals surface area contributed by atoms with Crippen LogP contribution in [0, 0.1) is 11.3 Å². The molecule has 0 aromatic heterocycles. The van der Waals surface area contributed by atoms with Gasteiger partial charge < -0.3 is 15.2 Å². The Morgan fingerprint density at radius 2 is 2.40 bits per heavy atom. The van der Waals surface area contributed by atoms with Crippen LogP contribution in [-0.4, -0.2) is 24.7 Å². The van der Waals surface area contributed by atoms with Crippen LogP contribution in [0.3, 0.4) is 0 Å². The highest BCUT2D eigenvalue weighted by Crippen LogP contribution is 2.36. The highest BCUT2D eigenvalue weighted by atomic mass is 16.5. The Hall–Kier alpha value is -2.06. The van der Waals surface area contributed by atoms with Gasteiger partial charge in [0, 0.05) is 0 Å². The molecule has 0 radical (unpaired) electrons. The van der Waals surface area contributed by atoms with Gasteiger partial charge in [-0.25, -0.2) is 0 Å². The zero-order valence-corrected chi connectivity index (χ0v) is 11.5. The Labute approximate surface area is 118 Å². The molecule has 1 atom stereocenters. The van der Waals surface area contributed by atoms with Crippen molar-refractivity contribution >= 4 is 5.91 Å². The molecule has 106 valence electrons. The van der Waals surface area contributed by atoms with Crippen LogP contribution in [-0.2, 0) is 16.8 Å². The van der Waals surface area contributed by atoms with Crippen LogP contribution in [0.5, 0.6) is 5.75 Å². The van der Waals surface area contributed by atoms with Gasteiger partial charge >= 0.3 is 0 Å². The molecule has 1 aromatic rings. The van der Waals surface area contributed by atoms with Crippen molar-refractivity contribution in [2.45, 2.75) is 31.3 Å². The first-order valence-corrected chi connectivity index (χ1v) is 6.62. The number of carbonyl (C=O) groups excluding carboxylic acids is 1. The molecule has 20 heavy (non-hydrogen) atoms. The molecule has 0 bridgehead atoms. The maximum Gasteiger partial charge on any atom is 0.234 e. The smallest absolute Gasteiger partial charge is 0.234 e. The summed E-state index contributed by atoms with van der Waals surface area (Å²) in [5, 5.41) is 21.9. The van der Waals surface area contributed by atoms with Gasteiger partial charge in [-0.05, 0) is 42.5 Å². The number of aryl methyl sites for hydroxylation is 1. The highest BCUT2D eigenvalue weighted by molar-refractivity contribution is 5.78. The number of fused-ring (bicyclic) bond motifs is 1. The van der Waals surface area contributed by atoms with E-state index in [9.17, 15) is 9.90 Å². The van der Waals surface area contributed by atoms with Gasteiger partial charge in [-0.2, -0.15) is 5.26 Å². The minimum atomic E-state index is -1.09. The summed E-state index contributed by atoms with van der Waals surface area (Å²) in [5.74, 6) is 0.323. The zero-order valence-electron chi connectivity index (χ0n) is 11.5. The number of hydrogen-bond acceptors (Lipinski definition) is 4. The van der Waals surface area contributed by atoms with E-state index in [2.05, 4.69) is 5.32 Å². The molecule has 0 saturated carbocycles. The van der Waals surface area contributed by atoms with E-state index >= 15 is 0 Å². The maximum absolute atomic E-state index is 11.4. The van der Waals surface area contributed by atoms with Crippen molar-refractivity contribution in [1.82, 2.24) is 5.32 Å². The summed E-state index contributed by atoms with van der Waals surface area (Å²) in [7, 11) is 1.58. The first-order chi connectivity index (χ1) is 9.59. The number of nitrogens with zero attached hydrogens (tertiary/aromatic N) is 1. The molecule has 1 amide bonds. The summed E-state index contributed by atoms with van der Waals surface area (Å²) in [6, 6.07) is 7.44. The molecule has 0 saturated heterocycles. The molecule has 2 N–H and O–H groups in total. The second-order valence-electron chi connectivity index (χ2n) is 5.02. The van der Waals surface area contributed by atoms with Crippen LogP contribution in [0.15, 0.2) is 18.2 Å². The average molecular weight is 274 g/mol. The topological polar surface area (TPSA) is 82.3 Å². The van der Waals surface area contributed by atoms with Crippen LogP contribution >= 0.6 is 0 Å². The fourth-order valence-corrected chi connectivity index (χ4v) is 2.60. The first kappa shape index (κ1) is 14.4. The first-order valence-electron chi connectivity index (χ1n) is 6.62. The lowest BCUT2D eigenvalue weighted by Gasteiger charge is -2.34. The second-order valence-corrected chi connectivity index (χ2v) is 5.02. The van der Waals surface area contributed by atoms with Gasteiger partial charge in [-0.3, -0.25) is 4.79 Å². The number of hydrogen-bond donors (Lipinski definition) is 2. The molecule has 1 aliphatic rings. The van der Waals surface area contributed by atoms with Gasteiger partial charge in [0.1, 0.15) is 17.8 Å². The van der Waals surface area contributed by atoms with Crippen LogP contribution in [0.2, 0.25) is 0 Å². The Morgan fingerprint density at radius 3 is 3.10 bits per heavy atom. The van der Waals surface area contributed by atoms with Crippen molar-refractivity contribution in [1.29, 1.82) is 5.26 Å². The van der Waals surface area contributed by atoms with Gasteiger partial charge in [0.2, 0.25) is 5.91 Å². The van der Waals surface area contributed by atoms with E-state index in [1.165, 1.54) is 0 Å². The van der Waals surface area contributed by atoms with Crippen molar-refractivity contribution < 1.29 is 14.6 Å². The largest absolute Gasteiger partial charge is 0.497 e. The molecule has 1 unspecified atom stereocenters. The number of amides is 1. The molecule has 0 spiro atoms. The van der Waals surface area contributed by atoms with Crippen molar-refractivity contribution in [2.24, 2.45) is 0 Å². The Bertz CT molecular complexity index is 551. The Morgan fingerprint density at radius 1 is 1.60 bits per heavy atom. The van der Waals surface area contributed by atoms with Crippen LogP contribution in [0.25, 0.3) is 0 Å². The third-order valence-electron chi connectivity index (χ3n) is 3.67. The van der Waals surface area contributed by atoms with Crippen molar-refractivity contribution in [3.63, 3.8) is 0 Å². The van der Waals surface area contributed by atoms with Gasteiger partial charge in [0.15, 0.2) is 0 Å². The molecule has 2 rings (SSSR count). The minimum Gasteiger partial charge on any atom is -0.497 e. The lowest BCUT2D eigenvalue weighted by Crippen LogP contribution is -2.42. The van der Waals surface area contributed by atoms with Crippen molar-refractivity contribution in [2.75, 3.05) is 13.7 Å². The van der Waals surface area contributed by atoms with Gasteiger partial charge in [-0.15, -0.1) is 0 Å². The quantitative estimate of drug-likeness (QED) is 0.865. The molecule has 5 nitrogen and oxygen atoms in total. The molecule has 0 heterocycles. The molecular weight excluding hydrogens is 256 g/mol. The van der Waals surface area contributed by atoms with E-state index in [-0.39, 0.29) is 18.9 Å². The van der Waals surface area contributed by atoms with Gasteiger partial charge in [-0.1, -0.05) is 6.07 Å². The predicted octanol–water partition coefficient (Wildman–Crippen LogP) is 1.25. The lowest BCUT2D eigenvalue weighted by atomic mass is 9.79. The molecule has 1 aliphatic carbocycles. The third-order valence-corrected chi connectivity index (χ3v) is 3.67. The molecular formula is C15H18N2O3. The van der Waals surface area contributed by atoms with E-state index < -0.39 is 5.60 Å². The number of methoxy groups -OCH3 is 1. The zero-order chi connectivity index (χ0) is 14.6. The molecule has 5 heteroatoms. The number of ether oxygens (including phenoxy) is 1. The maximum atomic E-state index is 11.4. The lowest BCUT2D eigenvalue weighted by molar-refractivity contribution is -0.121. The molecule has 1 aromatic carbocycles. The van der Waals surface area contributed by atoms with E-state index in [0.717, 1.165) is 24.0 Å². The number of carbonyl (C=O) groups is 1. The number of nitriles is 1. The van der Waals surface area contributed by atoms with E-state index in [1.807, 2.05) is 18.2 Å². The number of benzene rings is 1. The summed E-state index contributed by atoms with van der Waals surface area (Å²) in [5.41, 5.74) is 0.794. The van der Waals surface area contributed by atoms with Crippen LogP contribution in [0.4, 0.5) is 0 Å². The van der Waals surface area contributed by atoms with Gasteiger partial charge in [0.25, 0.3) is 0 Å². The Kier molecular flexibility index (Phi) is 4.26. The standard InChI is InChI=1S/C15H18N2O3/c1-20-12-5-4-11-3-2-7-15(19,13(11)9-12)10-17-14(18)6-8-16/h4-5,9,19H,2-3,6-7,10H2,1H3,(H,17,18). The van der Waals surface area contributed by atoms with Crippen molar-refractivity contribution in [3.8, 4) is 11.8 Å². The summed E-state index contributed by atoms with van der Waals surface area (Å²) >= 11 is 0. The van der Waals surface area contributed by atoms with Gasteiger partial charge in [0.05, 0.1) is 19.7 Å². The third kappa shape index (κ3) is 2.91. The van der Waals surface area contributed by atoms with Crippen molar-refractivity contribution in [3.05, 3.63) is 29.3 Å². The fraction of sp³-hybridized carbons (Fsp3) is 0.467. The monoisotopic (exact) mass is 274 g/mol. The van der Waals surface area contributed by atoms with E-state index in [1.54, 1.807) is 13.2 Å². The van der Waals surface area contributed by atoms with Crippen LogP contribution < -0.4 is 10.1 Å². The Balaban J connectivity index is 2.21. The summed E-state index contributed by atoms with van der Waals surface area (Å²) in [6.45, 7) is 0.119. The summed E-state index contributed by atoms with van der Waals surface area (Å²) in [6.07, 6.45) is 2.17.